The Morgan fingerprint density at radius 1 is 1.50 bits per heavy atom. The van der Waals surface area contributed by atoms with Gasteiger partial charge < -0.3 is 4.74 Å². The quantitative estimate of drug-likeness (QED) is 0.668. The number of methoxy groups -OCH3 is 1. The summed E-state index contributed by atoms with van der Waals surface area (Å²) >= 11 is 0. The van der Waals surface area contributed by atoms with E-state index in [0.717, 1.165) is 5.70 Å². The Hall–Kier alpha value is -1.90. The van der Waals surface area contributed by atoms with Gasteiger partial charge in [-0.05, 0) is 6.08 Å². The third-order valence-electron chi connectivity index (χ3n) is 1.63. The second kappa shape index (κ2) is 4.97. The van der Waals surface area contributed by atoms with Crippen molar-refractivity contribution in [2.75, 3.05) is 7.11 Å². The molecule has 0 aliphatic carbocycles. The van der Waals surface area contributed by atoms with Gasteiger partial charge in [-0.1, -0.05) is 19.2 Å². The number of nitrogens with zero attached hydrogens (tertiary/aromatic N) is 2. The first kappa shape index (κ1) is 10.2. The molecule has 0 aromatic carbocycles. The molecule has 0 aromatic heterocycles. The summed E-state index contributed by atoms with van der Waals surface area (Å²) in [6.45, 7) is 7.15. The first-order chi connectivity index (χ1) is 6.83. The summed E-state index contributed by atoms with van der Waals surface area (Å²) in [5.74, 6) is 0.674. The van der Waals surface area contributed by atoms with Crippen molar-refractivity contribution in [2.24, 2.45) is 9.98 Å². The van der Waals surface area contributed by atoms with Gasteiger partial charge >= 0.3 is 0 Å². The Kier molecular flexibility index (Phi) is 3.61. The minimum atomic E-state index is 0.671. The van der Waals surface area contributed by atoms with Crippen molar-refractivity contribution in [3.63, 3.8) is 0 Å². The van der Waals surface area contributed by atoms with Crippen LogP contribution in [0.2, 0.25) is 0 Å². The molecule has 0 unspecified atom stereocenters. The molecule has 1 aliphatic heterocycles. The van der Waals surface area contributed by atoms with Gasteiger partial charge in [-0.2, -0.15) is 0 Å². The van der Waals surface area contributed by atoms with Crippen molar-refractivity contribution in [3.8, 4) is 0 Å². The highest BCUT2D eigenvalue weighted by molar-refractivity contribution is 6.15. The Labute approximate surface area is 83.5 Å². The Bertz CT molecular complexity index is 359. The van der Waals surface area contributed by atoms with Gasteiger partial charge in [-0.15, -0.1) is 0 Å². The Balaban J connectivity index is 3.14. The van der Waals surface area contributed by atoms with E-state index in [2.05, 4.69) is 23.1 Å². The number of allylic oxidation sites excluding steroid dienone is 3. The molecular formula is C11H12N2O. The molecule has 3 heteroatoms. The van der Waals surface area contributed by atoms with Crippen LogP contribution in [0, 0.1) is 0 Å². The summed E-state index contributed by atoms with van der Waals surface area (Å²) < 4.78 is 5.15. The topological polar surface area (TPSA) is 34.0 Å². The zero-order valence-corrected chi connectivity index (χ0v) is 8.10. The van der Waals surface area contributed by atoms with E-state index in [-0.39, 0.29) is 0 Å². The lowest BCUT2D eigenvalue weighted by Gasteiger charge is -2.11. The minimum Gasteiger partial charge on any atom is -0.494 e. The third-order valence-corrected chi connectivity index (χ3v) is 1.63. The molecule has 0 N–H and O–H groups in total. The van der Waals surface area contributed by atoms with E-state index in [1.165, 1.54) is 6.20 Å². The number of hydrogen-bond donors (Lipinski definition) is 0. The van der Waals surface area contributed by atoms with Gasteiger partial charge in [0.05, 0.1) is 12.8 Å². The molecule has 0 fully saturated rings. The molecule has 0 atom stereocenters. The zero-order valence-electron chi connectivity index (χ0n) is 8.10. The fraction of sp³-hybridized carbons (Fsp3) is 0.0909. The highest BCUT2D eigenvalue weighted by atomic mass is 16.5. The van der Waals surface area contributed by atoms with Crippen LogP contribution in [0.1, 0.15) is 0 Å². The van der Waals surface area contributed by atoms with E-state index in [0.29, 0.717) is 11.5 Å². The monoisotopic (exact) mass is 188 g/mol. The van der Waals surface area contributed by atoms with Gasteiger partial charge in [0, 0.05) is 18.5 Å². The highest BCUT2D eigenvalue weighted by Crippen LogP contribution is 2.14. The smallest absolute Gasteiger partial charge is 0.148 e. The average molecular weight is 188 g/mol. The summed E-state index contributed by atoms with van der Waals surface area (Å²) in [4.78, 5) is 8.24. The lowest BCUT2D eigenvalue weighted by atomic mass is 10.1. The normalized spacial score (nSPS) is 20.8. The van der Waals surface area contributed by atoms with E-state index in [1.807, 2.05) is 0 Å². The molecule has 0 bridgehead atoms. The fourth-order valence-corrected chi connectivity index (χ4v) is 1.07. The zero-order chi connectivity index (χ0) is 10.4. The lowest BCUT2D eigenvalue weighted by molar-refractivity contribution is 0.315. The molecule has 1 heterocycles. The van der Waals surface area contributed by atoms with E-state index in [1.54, 1.807) is 31.6 Å². The van der Waals surface area contributed by atoms with Crippen molar-refractivity contribution in [2.45, 2.75) is 0 Å². The van der Waals surface area contributed by atoms with Crippen molar-refractivity contribution >= 4 is 11.9 Å². The van der Waals surface area contributed by atoms with Crippen LogP contribution >= 0.6 is 0 Å². The SMILES string of the molecule is C=C/C=C1/N=CC=C(OC)C1=NC=C. The van der Waals surface area contributed by atoms with E-state index in [4.69, 9.17) is 4.74 Å². The van der Waals surface area contributed by atoms with Crippen LogP contribution in [0.25, 0.3) is 0 Å². The van der Waals surface area contributed by atoms with Crippen molar-refractivity contribution in [1.82, 2.24) is 0 Å². The van der Waals surface area contributed by atoms with Crippen LogP contribution in [0.15, 0.2) is 59.0 Å². The van der Waals surface area contributed by atoms with E-state index < -0.39 is 0 Å². The Morgan fingerprint density at radius 3 is 2.86 bits per heavy atom. The van der Waals surface area contributed by atoms with Gasteiger partial charge in [0.1, 0.15) is 11.5 Å². The number of hydrogen-bond acceptors (Lipinski definition) is 3. The molecule has 3 nitrogen and oxygen atoms in total. The molecule has 0 saturated heterocycles. The fourth-order valence-electron chi connectivity index (χ4n) is 1.07. The summed E-state index contributed by atoms with van der Waals surface area (Å²) in [7, 11) is 1.59. The number of rotatable bonds is 3. The maximum Gasteiger partial charge on any atom is 0.148 e. The molecular weight excluding hydrogens is 176 g/mol. The molecule has 0 amide bonds. The van der Waals surface area contributed by atoms with Gasteiger partial charge in [0.25, 0.3) is 0 Å². The molecule has 72 valence electrons. The minimum absolute atomic E-state index is 0.671. The van der Waals surface area contributed by atoms with Crippen LogP contribution in [0.3, 0.4) is 0 Å². The molecule has 1 rings (SSSR count). The maximum absolute atomic E-state index is 5.15. The maximum atomic E-state index is 5.15. The number of ether oxygens (including phenoxy) is 1. The first-order valence-corrected chi connectivity index (χ1v) is 4.14. The summed E-state index contributed by atoms with van der Waals surface area (Å²) in [5, 5.41) is 0. The molecule has 1 aliphatic rings. The first-order valence-electron chi connectivity index (χ1n) is 4.14. The van der Waals surface area contributed by atoms with Gasteiger partial charge in [-0.25, -0.2) is 0 Å². The third kappa shape index (κ3) is 2.07. The van der Waals surface area contributed by atoms with Crippen molar-refractivity contribution in [3.05, 3.63) is 49.0 Å². The number of aliphatic imine (C=N–C) groups is 2. The Morgan fingerprint density at radius 2 is 2.29 bits per heavy atom. The number of dihydropyridines is 1. The van der Waals surface area contributed by atoms with Crippen LogP contribution < -0.4 is 0 Å². The van der Waals surface area contributed by atoms with Crippen LogP contribution in [-0.4, -0.2) is 19.0 Å². The summed E-state index contributed by atoms with van der Waals surface area (Å²) in [5.41, 5.74) is 1.39. The second-order valence-electron chi connectivity index (χ2n) is 2.46. The van der Waals surface area contributed by atoms with Crippen LogP contribution in [0.4, 0.5) is 0 Å². The van der Waals surface area contributed by atoms with Gasteiger partial charge in [0.2, 0.25) is 0 Å². The highest BCUT2D eigenvalue weighted by Gasteiger charge is 2.14. The molecule has 0 saturated carbocycles. The van der Waals surface area contributed by atoms with Crippen LogP contribution in [-0.2, 0) is 4.74 Å². The van der Waals surface area contributed by atoms with E-state index >= 15 is 0 Å². The van der Waals surface area contributed by atoms with Gasteiger partial charge in [-0.3, -0.25) is 9.98 Å². The molecule has 0 radical (unpaired) electrons. The summed E-state index contributed by atoms with van der Waals surface area (Å²) in [6, 6.07) is 0. The predicted octanol–water partition coefficient (Wildman–Crippen LogP) is 2.26. The van der Waals surface area contributed by atoms with E-state index in [9.17, 15) is 0 Å². The standard InChI is InChI=1S/C11H12N2O/c1-4-6-9-11(12-5-2)10(14-3)7-8-13-9/h4-8H,1-2H2,3H3/b9-6+,12-11?. The van der Waals surface area contributed by atoms with Crippen molar-refractivity contribution in [1.29, 1.82) is 0 Å². The second-order valence-corrected chi connectivity index (χ2v) is 2.46. The average Bonchev–Trinajstić information content (AvgIpc) is 2.21. The van der Waals surface area contributed by atoms with Crippen molar-refractivity contribution < 1.29 is 4.74 Å². The molecule has 14 heavy (non-hydrogen) atoms. The lowest BCUT2D eigenvalue weighted by Crippen LogP contribution is -2.10. The molecule has 0 aromatic rings. The summed E-state index contributed by atoms with van der Waals surface area (Å²) in [6.07, 6.45) is 8.30. The largest absolute Gasteiger partial charge is 0.494 e. The predicted molar refractivity (Wildman–Crippen MR) is 59.5 cm³/mol. The van der Waals surface area contributed by atoms with Crippen LogP contribution in [0.5, 0.6) is 0 Å². The van der Waals surface area contributed by atoms with Gasteiger partial charge in [0.15, 0.2) is 0 Å². The molecule has 0 spiro atoms.